The van der Waals surface area contributed by atoms with Crippen molar-refractivity contribution in [1.29, 1.82) is 0 Å². The monoisotopic (exact) mass is 590 g/mol. The van der Waals surface area contributed by atoms with E-state index in [0.29, 0.717) is 52.1 Å². The number of anilines is 1. The number of carbonyl (C=O) groups excluding carboxylic acids is 2. The van der Waals surface area contributed by atoms with E-state index in [9.17, 15) is 31.5 Å². The van der Waals surface area contributed by atoms with Crippen molar-refractivity contribution >= 4 is 28.7 Å². The van der Waals surface area contributed by atoms with E-state index in [1.807, 2.05) is 12.1 Å². The molecule has 0 aliphatic rings. The van der Waals surface area contributed by atoms with Crippen LogP contribution < -0.4 is 10.6 Å². The molecule has 4 rings (SSSR count). The molecule has 42 heavy (non-hydrogen) atoms. The molecule has 226 valence electrons. The number of benzene rings is 3. The summed E-state index contributed by atoms with van der Waals surface area (Å²) in [6.07, 6.45) is 1.10. The minimum absolute atomic E-state index is 0. The fourth-order valence-corrected chi connectivity index (χ4v) is 4.06. The van der Waals surface area contributed by atoms with Crippen LogP contribution >= 0.6 is 0 Å². The summed E-state index contributed by atoms with van der Waals surface area (Å²) < 4.78 is 67.5. The summed E-state index contributed by atoms with van der Waals surface area (Å²) in [4.78, 5) is 23.9. The number of Topliss-reactive ketones (excluding diaryl/α,β-unsaturated/α-hetero) is 1. The SMILES string of the molecule is C.CC(=O)c1c(-c2ccc(F)cc2)oc2cc(NCCCF)c(-c3cccc(C=O)c3)cc12.CNC(CF)(CF)CF. The van der Waals surface area contributed by atoms with Crippen LogP contribution in [-0.4, -0.2) is 57.9 Å². The van der Waals surface area contributed by atoms with Gasteiger partial charge in [-0.05, 0) is 62.4 Å². The smallest absolute Gasteiger partial charge is 0.164 e. The van der Waals surface area contributed by atoms with Crippen molar-refractivity contribution in [3.63, 3.8) is 0 Å². The van der Waals surface area contributed by atoms with Crippen LogP contribution in [0, 0.1) is 5.82 Å². The highest BCUT2D eigenvalue weighted by Gasteiger charge is 2.28. The van der Waals surface area contributed by atoms with Crippen LogP contribution in [0.3, 0.4) is 0 Å². The van der Waals surface area contributed by atoms with Gasteiger partial charge in [0.15, 0.2) is 5.78 Å². The first-order valence-electron chi connectivity index (χ1n) is 12.9. The number of alkyl halides is 4. The Morgan fingerprint density at radius 1 is 0.952 bits per heavy atom. The van der Waals surface area contributed by atoms with Crippen LogP contribution in [0.25, 0.3) is 33.4 Å². The Morgan fingerprint density at radius 2 is 1.62 bits per heavy atom. The number of furan rings is 1. The Bertz CT molecular complexity index is 1450. The molecular weight excluding hydrogens is 555 g/mol. The molecule has 0 aliphatic carbocycles. The third kappa shape index (κ3) is 7.82. The molecule has 1 heterocycles. The lowest BCUT2D eigenvalue weighted by atomic mass is 9.96. The van der Waals surface area contributed by atoms with E-state index < -0.39 is 32.2 Å². The molecule has 0 fully saturated rings. The lowest BCUT2D eigenvalue weighted by molar-refractivity contribution is 0.101. The first kappa shape index (κ1) is 34.2. The summed E-state index contributed by atoms with van der Waals surface area (Å²) in [5.74, 6) is -0.208. The van der Waals surface area contributed by atoms with Crippen LogP contribution in [0.2, 0.25) is 0 Å². The predicted octanol–water partition coefficient (Wildman–Crippen LogP) is 8.18. The number of ketones is 1. The van der Waals surface area contributed by atoms with Gasteiger partial charge < -0.3 is 15.1 Å². The highest BCUT2D eigenvalue weighted by atomic mass is 19.2. The zero-order chi connectivity index (χ0) is 30.0. The van der Waals surface area contributed by atoms with E-state index in [0.717, 1.165) is 17.4 Å². The van der Waals surface area contributed by atoms with Gasteiger partial charge in [0.2, 0.25) is 0 Å². The topological polar surface area (TPSA) is 71.3 Å². The largest absolute Gasteiger partial charge is 0.455 e. The minimum Gasteiger partial charge on any atom is -0.455 e. The maximum absolute atomic E-state index is 13.4. The molecule has 0 atom stereocenters. The van der Waals surface area contributed by atoms with Crippen LogP contribution in [0.1, 0.15) is 41.5 Å². The quantitative estimate of drug-likeness (QED) is 0.0754. The third-order valence-corrected chi connectivity index (χ3v) is 6.54. The molecular formula is C32H35F5N2O3. The fraction of sp³-hybridized carbons (Fsp3) is 0.312. The number of hydrogen-bond donors (Lipinski definition) is 2. The number of halogens is 5. The van der Waals surface area contributed by atoms with Gasteiger partial charge >= 0.3 is 0 Å². The zero-order valence-electron chi connectivity index (χ0n) is 22.7. The maximum Gasteiger partial charge on any atom is 0.164 e. The molecule has 0 aliphatic heterocycles. The summed E-state index contributed by atoms with van der Waals surface area (Å²) in [6, 6.07) is 16.5. The van der Waals surface area contributed by atoms with E-state index >= 15 is 0 Å². The van der Waals surface area contributed by atoms with Crippen molar-refractivity contribution in [1.82, 2.24) is 5.32 Å². The molecule has 2 N–H and O–H groups in total. The Morgan fingerprint density at radius 3 is 2.14 bits per heavy atom. The van der Waals surface area contributed by atoms with Crippen molar-refractivity contribution in [2.45, 2.75) is 26.3 Å². The molecule has 0 bridgehead atoms. The van der Waals surface area contributed by atoms with Crippen LogP contribution in [0.15, 0.2) is 65.1 Å². The minimum atomic E-state index is -1.58. The second kappa shape index (κ2) is 15.8. The summed E-state index contributed by atoms with van der Waals surface area (Å²) >= 11 is 0. The van der Waals surface area contributed by atoms with Gasteiger partial charge in [0, 0.05) is 40.4 Å². The molecule has 0 spiro atoms. The molecule has 0 radical (unpaired) electrons. The second-order valence-corrected chi connectivity index (χ2v) is 9.41. The van der Waals surface area contributed by atoms with Gasteiger partial charge in [-0.2, -0.15) is 0 Å². The molecule has 0 amide bonds. The summed E-state index contributed by atoms with van der Waals surface area (Å²) in [6.45, 7) is -1.64. The second-order valence-electron chi connectivity index (χ2n) is 9.41. The molecule has 1 aromatic heterocycles. The molecule has 10 heteroatoms. The average Bonchev–Trinajstić information content (AvgIpc) is 3.38. The number of hydrogen-bond acceptors (Lipinski definition) is 5. The Hall–Kier alpha value is -4.05. The lowest BCUT2D eigenvalue weighted by Gasteiger charge is -2.22. The van der Waals surface area contributed by atoms with Gasteiger partial charge in [0.1, 0.15) is 49.0 Å². The third-order valence-electron chi connectivity index (χ3n) is 6.54. The van der Waals surface area contributed by atoms with E-state index in [-0.39, 0.29) is 19.0 Å². The first-order chi connectivity index (χ1) is 19.8. The fourth-order valence-electron chi connectivity index (χ4n) is 4.06. The summed E-state index contributed by atoms with van der Waals surface area (Å²) in [7, 11) is 1.33. The van der Waals surface area contributed by atoms with Crippen LogP contribution in [-0.2, 0) is 0 Å². The van der Waals surface area contributed by atoms with Crippen molar-refractivity contribution in [2.75, 3.05) is 45.6 Å². The Labute approximate surface area is 242 Å². The van der Waals surface area contributed by atoms with E-state index in [4.69, 9.17) is 4.42 Å². The van der Waals surface area contributed by atoms with E-state index in [1.54, 1.807) is 36.4 Å². The van der Waals surface area contributed by atoms with Crippen molar-refractivity contribution in [3.05, 3.63) is 77.6 Å². The van der Waals surface area contributed by atoms with Gasteiger partial charge in [-0.15, -0.1) is 0 Å². The molecule has 0 unspecified atom stereocenters. The molecule has 0 saturated carbocycles. The van der Waals surface area contributed by atoms with Gasteiger partial charge in [-0.1, -0.05) is 25.6 Å². The van der Waals surface area contributed by atoms with Crippen molar-refractivity contribution in [2.24, 2.45) is 0 Å². The van der Waals surface area contributed by atoms with E-state index in [1.165, 1.54) is 26.1 Å². The van der Waals surface area contributed by atoms with Crippen molar-refractivity contribution in [3.8, 4) is 22.5 Å². The Balaban J connectivity index is 0.000000536. The summed E-state index contributed by atoms with van der Waals surface area (Å²) in [5, 5.41) is 6.07. The van der Waals surface area contributed by atoms with Gasteiger partial charge in [0.25, 0.3) is 0 Å². The number of aldehydes is 1. The normalized spacial score (nSPS) is 10.9. The molecule has 0 saturated heterocycles. The standard InChI is InChI=1S/C26H21F2NO3.C5H10F3N.CH4/c1-16(31)25-22-13-21(19-5-2-4-17(12-19)15-30)23(29-11-3-10-27)14-24(22)32-26(25)18-6-8-20(28)9-7-18;1-9-5(2-6,3-7)4-8;/h2,4-9,12-15,29H,3,10-11H2,1H3;9H,2-4H2,1H3;1H4. The number of fused-ring (bicyclic) bond motifs is 1. The lowest BCUT2D eigenvalue weighted by Crippen LogP contribution is -2.49. The van der Waals surface area contributed by atoms with Gasteiger partial charge in [-0.25, -0.2) is 17.6 Å². The maximum atomic E-state index is 13.4. The molecule has 3 aromatic carbocycles. The first-order valence-corrected chi connectivity index (χ1v) is 12.9. The number of rotatable bonds is 12. The van der Waals surface area contributed by atoms with Crippen LogP contribution in [0.4, 0.5) is 27.6 Å². The number of nitrogens with one attached hydrogen (secondary N) is 2. The zero-order valence-corrected chi connectivity index (χ0v) is 22.7. The van der Waals surface area contributed by atoms with Gasteiger partial charge in [0.05, 0.1) is 12.2 Å². The van der Waals surface area contributed by atoms with E-state index in [2.05, 4.69) is 10.6 Å². The summed E-state index contributed by atoms with van der Waals surface area (Å²) in [5.41, 5.74) is 2.63. The average molecular weight is 591 g/mol. The van der Waals surface area contributed by atoms with Gasteiger partial charge in [-0.3, -0.25) is 14.0 Å². The highest BCUT2D eigenvalue weighted by Crippen LogP contribution is 2.40. The highest BCUT2D eigenvalue weighted by molar-refractivity contribution is 6.13. The molecule has 5 nitrogen and oxygen atoms in total. The predicted molar refractivity (Wildman–Crippen MR) is 158 cm³/mol. The van der Waals surface area contributed by atoms with Crippen LogP contribution in [0.5, 0.6) is 0 Å². The molecule has 4 aromatic rings. The number of carbonyl (C=O) groups is 2. The van der Waals surface area contributed by atoms with Crippen molar-refractivity contribution < 1.29 is 36.0 Å². The Kier molecular flexibility index (Phi) is 12.9.